The second-order valence-corrected chi connectivity index (χ2v) is 7.16. The van der Waals surface area contributed by atoms with Gasteiger partial charge in [0.2, 0.25) is 5.91 Å². The highest BCUT2D eigenvalue weighted by Gasteiger charge is 2.30. The van der Waals surface area contributed by atoms with Gasteiger partial charge in [-0.15, -0.1) is 0 Å². The molecule has 0 spiro atoms. The van der Waals surface area contributed by atoms with Crippen LogP contribution in [-0.2, 0) is 4.79 Å². The van der Waals surface area contributed by atoms with Crippen LogP contribution in [0.1, 0.15) is 52.9 Å². The third kappa shape index (κ3) is 5.95. The topological polar surface area (TPSA) is 35.6 Å². The molecule has 0 unspecified atom stereocenters. The summed E-state index contributed by atoms with van der Waals surface area (Å²) in [4.78, 5) is 17.1. The van der Waals surface area contributed by atoms with Gasteiger partial charge in [0.1, 0.15) is 0 Å². The number of amides is 1. The molecule has 2 rings (SSSR count). The third-order valence-corrected chi connectivity index (χ3v) is 4.80. The van der Waals surface area contributed by atoms with E-state index in [1.165, 1.54) is 19.3 Å². The molecule has 1 saturated carbocycles. The lowest BCUT2D eigenvalue weighted by molar-refractivity contribution is -0.123. The van der Waals surface area contributed by atoms with Crippen LogP contribution in [0.15, 0.2) is 0 Å². The fraction of sp³-hybridized carbons (Fsp3) is 0.941. The van der Waals surface area contributed by atoms with Gasteiger partial charge < -0.3 is 10.2 Å². The Morgan fingerprint density at radius 3 is 2.43 bits per heavy atom. The molecule has 0 atom stereocenters. The summed E-state index contributed by atoms with van der Waals surface area (Å²) in [5.41, 5.74) is 0. The third-order valence-electron chi connectivity index (χ3n) is 4.80. The Morgan fingerprint density at radius 2 is 1.90 bits per heavy atom. The second kappa shape index (κ2) is 8.14. The molecule has 1 saturated heterocycles. The smallest absolute Gasteiger partial charge is 0.234 e. The van der Waals surface area contributed by atoms with E-state index in [9.17, 15) is 4.79 Å². The number of likely N-dealkylation sites (tertiary alicyclic amines) is 1. The first-order valence-corrected chi connectivity index (χ1v) is 8.84. The van der Waals surface area contributed by atoms with Crippen molar-refractivity contribution in [3.8, 4) is 0 Å². The van der Waals surface area contributed by atoms with Crippen LogP contribution in [0.5, 0.6) is 0 Å². The van der Waals surface area contributed by atoms with Crippen molar-refractivity contribution in [3.05, 3.63) is 0 Å². The lowest BCUT2D eigenvalue weighted by atomic mass is 10.1. The Balaban J connectivity index is 1.69. The molecule has 21 heavy (non-hydrogen) atoms. The standard InChI is InChI=1S/C17H33N3O/c1-4-19-10-8-15(9-11-19)18-17(21)13-20(16-5-6-16)12-7-14(2)3/h14-16H,4-13H2,1-3H3,(H,18,21). The molecule has 2 aliphatic rings. The summed E-state index contributed by atoms with van der Waals surface area (Å²) in [7, 11) is 0. The quantitative estimate of drug-likeness (QED) is 0.745. The lowest BCUT2D eigenvalue weighted by Gasteiger charge is -2.32. The zero-order valence-electron chi connectivity index (χ0n) is 14.1. The van der Waals surface area contributed by atoms with Crippen molar-refractivity contribution >= 4 is 5.91 Å². The average molecular weight is 295 g/mol. The summed E-state index contributed by atoms with van der Waals surface area (Å²) in [6.07, 6.45) is 5.96. The van der Waals surface area contributed by atoms with Gasteiger partial charge in [-0.1, -0.05) is 20.8 Å². The van der Waals surface area contributed by atoms with Gasteiger partial charge in [0.05, 0.1) is 6.54 Å². The van der Waals surface area contributed by atoms with Crippen LogP contribution in [0.2, 0.25) is 0 Å². The molecule has 1 aliphatic heterocycles. The molecule has 1 aliphatic carbocycles. The summed E-state index contributed by atoms with van der Waals surface area (Å²) in [5, 5.41) is 3.26. The summed E-state index contributed by atoms with van der Waals surface area (Å²) in [6.45, 7) is 11.8. The normalized spacial score (nSPS) is 21.2. The molecular formula is C17H33N3O. The molecule has 1 N–H and O–H groups in total. The maximum Gasteiger partial charge on any atom is 0.234 e. The van der Waals surface area contributed by atoms with E-state index < -0.39 is 0 Å². The average Bonchev–Trinajstić information content (AvgIpc) is 3.28. The van der Waals surface area contributed by atoms with E-state index in [-0.39, 0.29) is 5.91 Å². The highest BCUT2D eigenvalue weighted by molar-refractivity contribution is 5.78. The Hall–Kier alpha value is -0.610. The van der Waals surface area contributed by atoms with Gasteiger partial charge in [0.25, 0.3) is 0 Å². The highest BCUT2D eigenvalue weighted by atomic mass is 16.2. The molecule has 0 aromatic heterocycles. The van der Waals surface area contributed by atoms with Crippen molar-refractivity contribution in [2.45, 2.75) is 65.0 Å². The minimum absolute atomic E-state index is 0.237. The van der Waals surface area contributed by atoms with Gasteiger partial charge in [0.15, 0.2) is 0 Å². The second-order valence-electron chi connectivity index (χ2n) is 7.16. The van der Waals surface area contributed by atoms with Crippen LogP contribution in [0.25, 0.3) is 0 Å². The highest BCUT2D eigenvalue weighted by Crippen LogP contribution is 2.27. The van der Waals surface area contributed by atoms with E-state index in [1.54, 1.807) is 0 Å². The zero-order chi connectivity index (χ0) is 15.2. The largest absolute Gasteiger partial charge is 0.352 e. The molecule has 122 valence electrons. The molecule has 0 bridgehead atoms. The van der Waals surface area contributed by atoms with Gasteiger partial charge in [0, 0.05) is 25.2 Å². The summed E-state index contributed by atoms with van der Waals surface area (Å²) in [6, 6.07) is 1.07. The van der Waals surface area contributed by atoms with Gasteiger partial charge in [-0.25, -0.2) is 0 Å². The predicted molar refractivity (Wildman–Crippen MR) is 87.3 cm³/mol. The number of carbonyl (C=O) groups is 1. The summed E-state index contributed by atoms with van der Waals surface area (Å²) < 4.78 is 0. The van der Waals surface area contributed by atoms with E-state index in [4.69, 9.17) is 0 Å². The van der Waals surface area contributed by atoms with Gasteiger partial charge in [-0.05, 0) is 51.1 Å². The number of carbonyl (C=O) groups excluding carboxylic acids is 1. The minimum atomic E-state index is 0.237. The zero-order valence-corrected chi connectivity index (χ0v) is 14.1. The predicted octanol–water partition coefficient (Wildman–Crippen LogP) is 2.10. The summed E-state index contributed by atoms with van der Waals surface area (Å²) in [5.74, 6) is 0.952. The van der Waals surface area contributed by atoms with Crippen LogP contribution in [0, 0.1) is 5.92 Å². The number of nitrogens with one attached hydrogen (secondary N) is 1. The first kappa shape index (κ1) is 16.8. The monoisotopic (exact) mass is 295 g/mol. The van der Waals surface area contributed by atoms with Crippen molar-refractivity contribution in [2.24, 2.45) is 5.92 Å². The molecule has 0 aromatic carbocycles. The minimum Gasteiger partial charge on any atom is -0.352 e. The maximum atomic E-state index is 12.3. The molecule has 2 fully saturated rings. The molecule has 0 aromatic rings. The molecular weight excluding hydrogens is 262 g/mol. The number of rotatable bonds is 8. The van der Waals surface area contributed by atoms with Crippen molar-refractivity contribution in [1.82, 2.24) is 15.1 Å². The molecule has 4 heteroatoms. The van der Waals surface area contributed by atoms with Crippen LogP contribution < -0.4 is 5.32 Å². The fourth-order valence-electron chi connectivity index (χ4n) is 3.11. The number of nitrogens with zero attached hydrogens (tertiary/aromatic N) is 2. The number of hydrogen-bond donors (Lipinski definition) is 1. The van der Waals surface area contributed by atoms with Crippen LogP contribution in [0.3, 0.4) is 0 Å². The number of piperidine rings is 1. The molecule has 1 heterocycles. The first-order valence-electron chi connectivity index (χ1n) is 8.84. The summed E-state index contributed by atoms with van der Waals surface area (Å²) >= 11 is 0. The fourth-order valence-corrected chi connectivity index (χ4v) is 3.11. The Morgan fingerprint density at radius 1 is 1.24 bits per heavy atom. The number of hydrogen-bond acceptors (Lipinski definition) is 3. The van der Waals surface area contributed by atoms with Gasteiger partial charge in [-0.3, -0.25) is 9.69 Å². The Labute approximate surface area is 130 Å². The van der Waals surface area contributed by atoms with Crippen LogP contribution >= 0.6 is 0 Å². The van der Waals surface area contributed by atoms with Crippen molar-refractivity contribution < 1.29 is 4.79 Å². The van der Waals surface area contributed by atoms with E-state index in [1.807, 2.05) is 0 Å². The molecule has 1 amide bonds. The Bertz CT molecular complexity index is 320. The van der Waals surface area contributed by atoms with Crippen molar-refractivity contribution in [2.75, 3.05) is 32.7 Å². The van der Waals surface area contributed by atoms with E-state index in [0.29, 0.717) is 24.5 Å². The van der Waals surface area contributed by atoms with Crippen molar-refractivity contribution in [1.29, 1.82) is 0 Å². The van der Waals surface area contributed by atoms with Gasteiger partial charge in [-0.2, -0.15) is 0 Å². The van der Waals surface area contributed by atoms with E-state index in [2.05, 4.69) is 35.9 Å². The van der Waals surface area contributed by atoms with Gasteiger partial charge >= 0.3 is 0 Å². The maximum absolute atomic E-state index is 12.3. The van der Waals surface area contributed by atoms with Crippen LogP contribution in [-0.4, -0.2) is 60.5 Å². The van der Waals surface area contributed by atoms with Crippen molar-refractivity contribution in [3.63, 3.8) is 0 Å². The lowest BCUT2D eigenvalue weighted by Crippen LogP contribution is -2.47. The molecule has 4 nitrogen and oxygen atoms in total. The van der Waals surface area contributed by atoms with Crippen LogP contribution in [0.4, 0.5) is 0 Å². The first-order chi connectivity index (χ1) is 10.1. The molecule has 0 radical (unpaired) electrons. The van der Waals surface area contributed by atoms with E-state index >= 15 is 0 Å². The SMILES string of the molecule is CCN1CCC(NC(=O)CN(CCC(C)C)C2CC2)CC1. The Kier molecular flexibility index (Phi) is 6.49. The van der Waals surface area contributed by atoms with E-state index in [0.717, 1.165) is 39.0 Å².